The van der Waals surface area contributed by atoms with Crippen LogP contribution in [0.15, 0.2) is 33.8 Å². The molecule has 0 aliphatic heterocycles. The number of aromatic nitrogens is 1. The maximum absolute atomic E-state index is 13.4. The number of hydrogen-bond donors (Lipinski definition) is 2. The van der Waals surface area contributed by atoms with Crippen molar-refractivity contribution in [1.82, 2.24) is 15.6 Å². The molecule has 0 radical (unpaired) electrons. The molecule has 0 fully saturated rings. The molecule has 140 valence electrons. The third-order valence-corrected chi connectivity index (χ3v) is 4.91. The Kier molecular flexibility index (Phi) is 7.39. The number of rotatable bonds is 5. The number of nitrogens with one attached hydrogen (secondary N) is 2. The Labute approximate surface area is 173 Å². The molecule has 5 nitrogen and oxygen atoms in total. The van der Waals surface area contributed by atoms with Crippen LogP contribution in [-0.2, 0) is 13.0 Å². The lowest BCUT2D eigenvalue weighted by atomic mass is 10.1. The highest BCUT2D eigenvalue weighted by Gasteiger charge is 2.11. The molecule has 2 aromatic heterocycles. The second-order valence-electron chi connectivity index (χ2n) is 5.76. The molecular formula is C18H22FIN4OS. The van der Waals surface area contributed by atoms with Crippen LogP contribution < -0.4 is 10.6 Å². The van der Waals surface area contributed by atoms with Crippen LogP contribution in [0.5, 0.6) is 0 Å². The Bertz CT molecular complexity index is 906. The number of halogens is 2. The molecule has 0 amide bonds. The fourth-order valence-corrected chi connectivity index (χ4v) is 3.39. The van der Waals surface area contributed by atoms with Crippen LogP contribution in [0.4, 0.5) is 4.39 Å². The van der Waals surface area contributed by atoms with Crippen LogP contribution in [-0.4, -0.2) is 24.5 Å². The summed E-state index contributed by atoms with van der Waals surface area (Å²) < 4.78 is 19.2. The van der Waals surface area contributed by atoms with Gasteiger partial charge in [-0.05, 0) is 32.0 Å². The Morgan fingerprint density at radius 1 is 1.31 bits per heavy atom. The van der Waals surface area contributed by atoms with Crippen molar-refractivity contribution in [3.8, 4) is 0 Å². The number of furan rings is 1. The second-order valence-corrected chi connectivity index (χ2v) is 7.08. The summed E-state index contributed by atoms with van der Waals surface area (Å²) in [7, 11) is 1.73. The van der Waals surface area contributed by atoms with Gasteiger partial charge in [-0.25, -0.2) is 9.37 Å². The summed E-state index contributed by atoms with van der Waals surface area (Å²) in [5.41, 5.74) is 1.63. The first kappa shape index (κ1) is 20.6. The summed E-state index contributed by atoms with van der Waals surface area (Å²) in [5.74, 6) is 1.21. The van der Waals surface area contributed by atoms with Gasteiger partial charge in [-0.2, -0.15) is 0 Å². The molecule has 0 saturated carbocycles. The molecule has 0 spiro atoms. The van der Waals surface area contributed by atoms with Gasteiger partial charge in [0.25, 0.3) is 0 Å². The fraction of sp³-hybridized carbons (Fsp3) is 0.333. The monoisotopic (exact) mass is 488 g/mol. The van der Waals surface area contributed by atoms with Gasteiger partial charge in [0.05, 0.1) is 11.6 Å². The fourth-order valence-electron chi connectivity index (χ4n) is 2.60. The average molecular weight is 488 g/mol. The predicted molar refractivity (Wildman–Crippen MR) is 115 cm³/mol. The molecule has 0 unspecified atom stereocenters. The molecule has 26 heavy (non-hydrogen) atoms. The lowest BCUT2D eigenvalue weighted by Gasteiger charge is -2.10. The third-order valence-electron chi connectivity index (χ3n) is 3.94. The van der Waals surface area contributed by atoms with E-state index >= 15 is 0 Å². The van der Waals surface area contributed by atoms with Crippen molar-refractivity contribution < 1.29 is 8.81 Å². The van der Waals surface area contributed by atoms with E-state index in [1.807, 2.05) is 13.1 Å². The molecule has 0 atom stereocenters. The summed E-state index contributed by atoms with van der Waals surface area (Å²) >= 11 is 1.71. The van der Waals surface area contributed by atoms with E-state index in [1.165, 1.54) is 17.0 Å². The van der Waals surface area contributed by atoms with Crippen molar-refractivity contribution in [2.45, 2.75) is 26.8 Å². The van der Waals surface area contributed by atoms with Gasteiger partial charge in [0.1, 0.15) is 17.2 Å². The van der Waals surface area contributed by atoms with Crippen molar-refractivity contribution >= 4 is 52.2 Å². The molecule has 3 aromatic rings. The second kappa shape index (κ2) is 9.31. The van der Waals surface area contributed by atoms with Crippen LogP contribution in [0, 0.1) is 19.7 Å². The molecule has 2 N–H and O–H groups in total. The molecular weight excluding hydrogens is 466 g/mol. The van der Waals surface area contributed by atoms with Crippen LogP contribution in [0.3, 0.4) is 0 Å². The number of aryl methyl sites for hydroxylation is 2. The Morgan fingerprint density at radius 2 is 2.12 bits per heavy atom. The maximum Gasteiger partial charge on any atom is 0.191 e. The van der Waals surface area contributed by atoms with Gasteiger partial charge in [-0.15, -0.1) is 35.3 Å². The van der Waals surface area contributed by atoms with Crippen molar-refractivity contribution in [3.05, 3.63) is 51.4 Å². The Balaban J connectivity index is 0.00000243. The first-order valence-electron chi connectivity index (χ1n) is 8.10. The highest BCUT2D eigenvalue weighted by atomic mass is 127. The maximum atomic E-state index is 13.4. The lowest BCUT2D eigenvalue weighted by Crippen LogP contribution is -2.37. The van der Waals surface area contributed by atoms with E-state index in [1.54, 1.807) is 24.5 Å². The predicted octanol–water partition coefficient (Wildman–Crippen LogP) is 4.17. The number of fused-ring (bicyclic) bond motifs is 1. The summed E-state index contributed by atoms with van der Waals surface area (Å²) in [4.78, 5) is 9.78. The summed E-state index contributed by atoms with van der Waals surface area (Å²) in [6, 6.07) is 4.56. The SMILES string of the molecule is CN=C(NCCc1ncc(C)s1)NCc1oc2ccc(F)cc2c1C.I. The first-order chi connectivity index (χ1) is 12.1. The van der Waals surface area contributed by atoms with E-state index in [0.29, 0.717) is 18.1 Å². The summed E-state index contributed by atoms with van der Waals surface area (Å²) in [6.07, 6.45) is 2.74. The zero-order chi connectivity index (χ0) is 17.8. The molecule has 2 heterocycles. The largest absolute Gasteiger partial charge is 0.459 e. The summed E-state index contributed by atoms with van der Waals surface area (Å²) in [6.45, 7) is 5.22. The van der Waals surface area contributed by atoms with Gasteiger partial charge in [0.2, 0.25) is 0 Å². The molecule has 1 aromatic carbocycles. The number of aliphatic imine (C=N–C) groups is 1. The van der Waals surface area contributed by atoms with Crippen molar-refractivity contribution in [2.75, 3.05) is 13.6 Å². The molecule has 8 heteroatoms. The van der Waals surface area contributed by atoms with E-state index in [4.69, 9.17) is 4.42 Å². The molecule has 0 saturated heterocycles. The van der Waals surface area contributed by atoms with Crippen molar-refractivity contribution in [2.24, 2.45) is 4.99 Å². The number of hydrogen-bond acceptors (Lipinski definition) is 4. The van der Waals surface area contributed by atoms with E-state index in [-0.39, 0.29) is 29.8 Å². The molecule has 3 rings (SSSR count). The van der Waals surface area contributed by atoms with E-state index in [0.717, 1.165) is 34.7 Å². The normalized spacial score (nSPS) is 11.5. The van der Waals surface area contributed by atoms with Gasteiger partial charge < -0.3 is 15.1 Å². The average Bonchev–Trinajstić information content (AvgIpc) is 3.15. The highest BCUT2D eigenvalue weighted by molar-refractivity contribution is 14.0. The Morgan fingerprint density at radius 3 is 2.81 bits per heavy atom. The van der Waals surface area contributed by atoms with Gasteiger partial charge in [-0.3, -0.25) is 4.99 Å². The minimum absolute atomic E-state index is 0. The van der Waals surface area contributed by atoms with Gasteiger partial charge >= 0.3 is 0 Å². The van der Waals surface area contributed by atoms with Gasteiger partial charge in [-0.1, -0.05) is 0 Å². The van der Waals surface area contributed by atoms with Crippen LogP contribution in [0.25, 0.3) is 11.0 Å². The molecule has 0 aliphatic carbocycles. The zero-order valence-electron chi connectivity index (χ0n) is 14.9. The number of guanidine groups is 1. The molecule has 0 bridgehead atoms. The lowest BCUT2D eigenvalue weighted by molar-refractivity contribution is 0.534. The van der Waals surface area contributed by atoms with E-state index in [9.17, 15) is 4.39 Å². The summed E-state index contributed by atoms with van der Waals surface area (Å²) in [5, 5.41) is 8.40. The first-order valence-corrected chi connectivity index (χ1v) is 8.92. The highest BCUT2D eigenvalue weighted by Crippen LogP contribution is 2.25. The van der Waals surface area contributed by atoms with Crippen LogP contribution in [0.2, 0.25) is 0 Å². The standard InChI is InChI=1S/C18H21FN4OS.HI/c1-11-9-22-17(25-11)6-7-21-18(20-3)23-10-16-12(2)14-8-13(19)4-5-15(14)24-16;/h4-5,8-9H,6-7,10H2,1-3H3,(H2,20,21,23);1H. The quantitative estimate of drug-likeness (QED) is 0.322. The number of nitrogens with zero attached hydrogens (tertiary/aromatic N) is 2. The van der Waals surface area contributed by atoms with Crippen molar-refractivity contribution in [1.29, 1.82) is 0 Å². The van der Waals surface area contributed by atoms with Crippen LogP contribution in [0.1, 0.15) is 21.2 Å². The topological polar surface area (TPSA) is 62.5 Å². The smallest absolute Gasteiger partial charge is 0.191 e. The molecule has 0 aliphatic rings. The zero-order valence-corrected chi connectivity index (χ0v) is 18.1. The van der Waals surface area contributed by atoms with Gasteiger partial charge in [0, 0.05) is 42.0 Å². The minimum Gasteiger partial charge on any atom is -0.459 e. The number of thiazole rings is 1. The third kappa shape index (κ3) is 4.94. The van der Waals surface area contributed by atoms with E-state index < -0.39 is 0 Å². The van der Waals surface area contributed by atoms with Crippen LogP contribution >= 0.6 is 35.3 Å². The van der Waals surface area contributed by atoms with Crippen molar-refractivity contribution in [3.63, 3.8) is 0 Å². The number of benzene rings is 1. The van der Waals surface area contributed by atoms with Gasteiger partial charge in [0.15, 0.2) is 5.96 Å². The minimum atomic E-state index is -0.259. The Hall–Kier alpha value is -1.68. The van der Waals surface area contributed by atoms with E-state index in [2.05, 4.69) is 27.5 Å².